The van der Waals surface area contributed by atoms with Crippen molar-refractivity contribution in [1.82, 2.24) is 15.0 Å². The summed E-state index contributed by atoms with van der Waals surface area (Å²) in [4.78, 5) is 51.1. The van der Waals surface area contributed by atoms with E-state index in [-0.39, 0.29) is 32.4 Å². The third kappa shape index (κ3) is 8.41. The van der Waals surface area contributed by atoms with Crippen LogP contribution in [0.5, 0.6) is 0 Å². The number of rotatable bonds is 10. The van der Waals surface area contributed by atoms with E-state index in [0.717, 1.165) is 28.8 Å². The highest BCUT2D eigenvalue weighted by molar-refractivity contribution is 6.39. The number of Topliss-reactive ketones (excluding diaryl/α,β-unsaturated/α-hetero) is 1. The molecule has 48 heavy (non-hydrogen) atoms. The molecule has 13 heteroatoms. The molecule has 0 aliphatic heterocycles. The van der Waals surface area contributed by atoms with Crippen LogP contribution in [0.15, 0.2) is 91.4 Å². The Morgan fingerprint density at radius 3 is 2.38 bits per heavy atom. The number of anilines is 1. The normalized spacial score (nSPS) is 11.2. The van der Waals surface area contributed by atoms with E-state index < -0.39 is 42.4 Å². The van der Waals surface area contributed by atoms with Crippen LogP contribution in [0, 0.1) is 6.92 Å². The summed E-state index contributed by atoms with van der Waals surface area (Å²) in [5.41, 5.74) is 1.59. The number of alkyl halides is 3. The molecule has 244 valence electrons. The summed E-state index contributed by atoms with van der Waals surface area (Å²) < 4.78 is 47.1. The second-order valence-electron chi connectivity index (χ2n) is 10.6. The first-order valence-electron chi connectivity index (χ1n) is 14.3. The number of carbonyl (C=O) groups is 3. The number of ketones is 1. The van der Waals surface area contributed by atoms with Gasteiger partial charge in [-0.05, 0) is 78.2 Å². The molecule has 0 atom stereocenters. The van der Waals surface area contributed by atoms with Gasteiger partial charge in [0.1, 0.15) is 5.82 Å². The van der Waals surface area contributed by atoms with Crippen molar-refractivity contribution in [2.24, 2.45) is 0 Å². The Balaban J connectivity index is 1.28. The lowest BCUT2D eigenvalue weighted by atomic mass is 10.00. The van der Waals surface area contributed by atoms with E-state index in [0.29, 0.717) is 17.9 Å². The van der Waals surface area contributed by atoms with Crippen molar-refractivity contribution in [2.45, 2.75) is 25.9 Å². The Bertz CT molecular complexity index is 1990. The van der Waals surface area contributed by atoms with Crippen LogP contribution in [0.25, 0.3) is 11.3 Å². The van der Waals surface area contributed by atoms with Gasteiger partial charge in [-0.1, -0.05) is 41.4 Å². The molecule has 1 amide bonds. The number of carbonyl (C=O) groups excluding carboxylic acids is 3. The van der Waals surface area contributed by atoms with E-state index in [1.54, 1.807) is 48.9 Å². The fourth-order valence-corrected chi connectivity index (χ4v) is 5.33. The van der Waals surface area contributed by atoms with Gasteiger partial charge < -0.3 is 10.1 Å². The van der Waals surface area contributed by atoms with Gasteiger partial charge in [0.05, 0.1) is 26.9 Å². The van der Waals surface area contributed by atoms with Gasteiger partial charge in [0, 0.05) is 48.2 Å². The van der Waals surface area contributed by atoms with Gasteiger partial charge in [-0.3, -0.25) is 14.6 Å². The largest absolute Gasteiger partial charge is 0.454 e. The summed E-state index contributed by atoms with van der Waals surface area (Å²) in [6, 6.07) is 17.8. The molecular weight excluding hydrogens is 668 g/mol. The van der Waals surface area contributed by atoms with Crippen molar-refractivity contribution in [3.05, 3.63) is 141 Å². The lowest BCUT2D eigenvalue weighted by molar-refractivity contribution is -0.138. The second-order valence-corrected chi connectivity index (χ2v) is 11.4. The first kappa shape index (κ1) is 34.2. The predicted molar refractivity (Wildman–Crippen MR) is 174 cm³/mol. The molecule has 3 aromatic carbocycles. The van der Waals surface area contributed by atoms with Gasteiger partial charge in [0.2, 0.25) is 0 Å². The van der Waals surface area contributed by atoms with E-state index in [2.05, 4.69) is 20.3 Å². The van der Waals surface area contributed by atoms with Crippen LogP contribution < -0.4 is 5.32 Å². The number of nitrogens with zero attached hydrogens (tertiary/aromatic N) is 3. The maximum atomic E-state index is 14.1. The number of pyridine rings is 1. The van der Waals surface area contributed by atoms with Crippen LogP contribution >= 0.6 is 23.2 Å². The number of nitrogens with one attached hydrogen (secondary N) is 1. The molecule has 0 saturated carbocycles. The highest BCUT2D eigenvalue weighted by Gasteiger charge is 2.34. The number of esters is 1. The maximum Gasteiger partial charge on any atom is 0.416 e. The zero-order chi connectivity index (χ0) is 34.4. The average molecular weight is 694 g/mol. The van der Waals surface area contributed by atoms with Gasteiger partial charge >= 0.3 is 12.1 Å². The minimum Gasteiger partial charge on any atom is -0.454 e. The van der Waals surface area contributed by atoms with Gasteiger partial charge in [0.25, 0.3) is 5.91 Å². The number of hydrogen-bond donors (Lipinski definition) is 1. The number of amides is 1. The van der Waals surface area contributed by atoms with Gasteiger partial charge in [-0.2, -0.15) is 13.2 Å². The molecule has 2 aromatic heterocycles. The second kappa shape index (κ2) is 14.7. The predicted octanol–water partition coefficient (Wildman–Crippen LogP) is 7.98. The van der Waals surface area contributed by atoms with Gasteiger partial charge in [-0.15, -0.1) is 0 Å². The quantitative estimate of drug-likeness (QED) is 0.148. The van der Waals surface area contributed by atoms with E-state index in [9.17, 15) is 27.6 Å². The lowest BCUT2D eigenvalue weighted by Gasteiger charge is -2.15. The summed E-state index contributed by atoms with van der Waals surface area (Å²) in [7, 11) is 0. The molecule has 0 aliphatic carbocycles. The zero-order valence-corrected chi connectivity index (χ0v) is 26.7. The lowest BCUT2D eigenvalue weighted by Crippen LogP contribution is -2.19. The summed E-state index contributed by atoms with van der Waals surface area (Å²) in [5.74, 6) is -1.91. The molecule has 0 radical (unpaired) electrons. The molecule has 0 fully saturated rings. The number of aryl methyl sites for hydroxylation is 1. The standard InChI is InChI=1S/C35H25Cl2F3N4O4/c1-20-7-8-22(14-24(20)16-31-42-13-11-30(44-31)23-4-3-12-41-18-23)33(46)43-25-10-9-21(27(17-25)35(38,39)40)15-26(45)19-48-34(47)32-28(36)5-2-6-29(32)37/h2-14,17-18H,15-16,19H2,1H3,(H,43,46). The van der Waals surface area contributed by atoms with Crippen molar-refractivity contribution in [1.29, 1.82) is 0 Å². The average Bonchev–Trinajstić information content (AvgIpc) is 3.05. The van der Waals surface area contributed by atoms with Crippen LogP contribution in [0.4, 0.5) is 18.9 Å². The van der Waals surface area contributed by atoms with E-state index in [1.807, 2.05) is 13.0 Å². The fourth-order valence-electron chi connectivity index (χ4n) is 4.78. The van der Waals surface area contributed by atoms with Crippen molar-refractivity contribution in [3.63, 3.8) is 0 Å². The minimum absolute atomic E-state index is 0.000556. The van der Waals surface area contributed by atoms with Gasteiger partial charge in [0.15, 0.2) is 12.4 Å². The first-order valence-corrected chi connectivity index (χ1v) is 15.1. The molecule has 2 heterocycles. The third-order valence-electron chi connectivity index (χ3n) is 7.21. The van der Waals surface area contributed by atoms with Crippen molar-refractivity contribution >= 4 is 46.5 Å². The Morgan fingerprint density at radius 1 is 0.896 bits per heavy atom. The molecule has 0 spiro atoms. The molecule has 8 nitrogen and oxygen atoms in total. The van der Waals surface area contributed by atoms with E-state index in [1.165, 1.54) is 24.3 Å². The fraction of sp³-hybridized carbons (Fsp3) is 0.143. The van der Waals surface area contributed by atoms with Crippen molar-refractivity contribution < 1.29 is 32.3 Å². The smallest absolute Gasteiger partial charge is 0.416 e. The molecule has 0 saturated heterocycles. The number of halogens is 5. The van der Waals surface area contributed by atoms with Crippen LogP contribution in [0.1, 0.15) is 48.8 Å². The van der Waals surface area contributed by atoms with Crippen molar-refractivity contribution in [3.8, 4) is 11.3 Å². The summed E-state index contributed by atoms with van der Waals surface area (Å²) in [6.45, 7) is 1.06. The highest BCUT2D eigenvalue weighted by atomic mass is 35.5. The van der Waals surface area contributed by atoms with E-state index >= 15 is 0 Å². The highest BCUT2D eigenvalue weighted by Crippen LogP contribution is 2.34. The zero-order valence-electron chi connectivity index (χ0n) is 25.1. The van der Waals surface area contributed by atoms with Crippen LogP contribution in [-0.2, 0) is 28.5 Å². The summed E-state index contributed by atoms with van der Waals surface area (Å²) >= 11 is 11.9. The topological polar surface area (TPSA) is 111 Å². The molecule has 0 aliphatic rings. The molecule has 5 rings (SSSR count). The van der Waals surface area contributed by atoms with Crippen molar-refractivity contribution in [2.75, 3.05) is 11.9 Å². The number of benzene rings is 3. The molecule has 5 aromatic rings. The van der Waals surface area contributed by atoms with Crippen LogP contribution in [0.2, 0.25) is 10.0 Å². The monoisotopic (exact) mass is 692 g/mol. The molecule has 0 bridgehead atoms. The number of ether oxygens (including phenoxy) is 1. The number of aromatic nitrogens is 3. The first-order chi connectivity index (χ1) is 22.9. The SMILES string of the molecule is Cc1ccc(C(=O)Nc2ccc(CC(=O)COC(=O)c3c(Cl)cccc3Cl)c(C(F)(F)F)c2)cc1Cc1nccc(-c2cccnc2)n1. The molecule has 1 N–H and O–H groups in total. The Kier molecular flexibility index (Phi) is 10.5. The maximum absolute atomic E-state index is 14.1. The summed E-state index contributed by atoms with van der Waals surface area (Å²) in [6.07, 6.45) is -0.239. The van der Waals surface area contributed by atoms with Gasteiger partial charge in [-0.25, -0.2) is 14.8 Å². The van der Waals surface area contributed by atoms with Crippen LogP contribution in [-0.4, -0.2) is 39.2 Å². The Labute approximate surface area is 282 Å². The third-order valence-corrected chi connectivity index (χ3v) is 7.84. The van der Waals surface area contributed by atoms with E-state index in [4.69, 9.17) is 27.9 Å². The molecular formula is C35H25Cl2F3N4O4. The van der Waals surface area contributed by atoms with Crippen LogP contribution in [0.3, 0.4) is 0 Å². The number of hydrogen-bond acceptors (Lipinski definition) is 7. The Morgan fingerprint density at radius 2 is 1.67 bits per heavy atom. The minimum atomic E-state index is -4.85. The Hall–Kier alpha value is -5.13. The molecule has 0 unspecified atom stereocenters. The summed E-state index contributed by atoms with van der Waals surface area (Å²) in [5, 5.41) is 2.50.